The fourth-order valence-electron chi connectivity index (χ4n) is 6.49. The zero-order valence-corrected chi connectivity index (χ0v) is 30.2. The number of ether oxygens (including phenoxy) is 1. The predicted molar refractivity (Wildman–Crippen MR) is 175 cm³/mol. The summed E-state index contributed by atoms with van der Waals surface area (Å²) in [7, 11) is 0. The van der Waals surface area contributed by atoms with E-state index in [0.29, 0.717) is 0 Å². The fraction of sp³-hybridized carbons (Fsp3) is 0.105. The van der Waals surface area contributed by atoms with Crippen LogP contribution in [-0.2, 0) is 6.54 Å². The van der Waals surface area contributed by atoms with Crippen LogP contribution in [-0.4, -0.2) is 17.7 Å². The minimum atomic E-state index is -7.22. The molecular weight excluding hydrogens is 891 g/mol. The van der Waals surface area contributed by atoms with Crippen LogP contribution in [0.3, 0.4) is 0 Å². The molecular formula is C38H17BF20N2O. The first kappa shape index (κ1) is 46.7. The lowest BCUT2D eigenvalue weighted by molar-refractivity contribution is -0.694. The molecule has 24 heteroatoms. The molecule has 1 heterocycles. The average Bonchev–Trinajstić information content (AvgIpc) is 3.26. The Morgan fingerprint density at radius 3 is 1.02 bits per heavy atom. The van der Waals surface area contributed by atoms with Crippen molar-refractivity contribution in [2.24, 2.45) is 0 Å². The Kier molecular flexibility index (Phi) is 13.5. The molecule has 0 aliphatic rings. The Labute approximate surface area is 333 Å². The van der Waals surface area contributed by atoms with Gasteiger partial charge in [0.2, 0.25) is 0 Å². The molecule has 0 atom stereocenters. The van der Waals surface area contributed by atoms with Gasteiger partial charge in [-0.25, -0.2) is 92.8 Å². The van der Waals surface area contributed by atoms with Crippen LogP contribution in [0.1, 0.15) is 18.9 Å². The molecule has 5 aromatic carbocycles. The van der Waals surface area contributed by atoms with Crippen LogP contribution < -0.4 is 31.2 Å². The number of aromatic nitrogens is 2. The van der Waals surface area contributed by atoms with Crippen LogP contribution >= 0.6 is 0 Å². The smallest absolute Gasteiger partial charge is 0.387 e. The lowest BCUT2D eigenvalue weighted by Gasteiger charge is -2.44. The molecule has 0 bridgehead atoms. The Morgan fingerprint density at radius 1 is 0.435 bits per heavy atom. The standard InChI is InChI=1S/C24BF20.C14H17N2O/c26-5-1(6(27)14(35)21(42)13(5)34)25(2-7(28)15(36)22(43)16(37)8(2)29,3-9(30)17(38)23(44)18(39)10(3)31)4-11(32)19(40)24(45)20(41)12(4)33;1-2-10-17-14-11-15-8-9-16(14)12-13-6-4-3-5-7-13/h;3-9,11H,2,10,12H2,1H3/q-1;+1. The number of benzene rings is 5. The highest BCUT2D eigenvalue weighted by molar-refractivity contribution is 7.20. The molecule has 6 rings (SSSR count). The summed E-state index contributed by atoms with van der Waals surface area (Å²) < 4.78 is 302. The number of nitrogens with zero attached hydrogens (tertiary/aromatic N) is 2. The highest BCUT2D eigenvalue weighted by Crippen LogP contribution is 2.30. The van der Waals surface area contributed by atoms with Crippen molar-refractivity contribution in [1.82, 2.24) is 4.98 Å². The molecule has 0 aliphatic heterocycles. The van der Waals surface area contributed by atoms with Crippen molar-refractivity contribution < 1.29 is 97.1 Å². The molecule has 328 valence electrons. The number of halogens is 20. The third-order valence-corrected chi connectivity index (χ3v) is 9.16. The van der Waals surface area contributed by atoms with Gasteiger partial charge in [0.05, 0.1) is 12.8 Å². The van der Waals surface area contributed by atoms with Crippen LogP contribution in [0, 0.1) is 116 Å². The SMILES string of the molecule is CCCOc1cncc[n+]1Cc1ccccc1.Fc1c(F)c(F)c([B-](c2c(F)c(F)c(F)c(F)c2F)(c2c(F)c(F)c(F)c(F)c2F)c2c(F)c(F)c(F)c(F)c2F)c(F)c1F. The molecule has 62 heavy (non-hydrogen) atoms. The van der Waals surface area contributed by atoms with Crippen molar-refractivity contribution in [1.29, 1.82) is 0 Å². The summed E-state index contributed by atoms with van der Waals surface area (Å²) in [6.07, 6.45) is -0.732. The number of rotatable bonds is 9. The molecule has 0 unspecified atom stereocenters. The van der Waals surface area contributed by atoms with E-state index in [4.69, 9.17) is 4.74 Å². The molecule has 0 fully saturated rings. The van der Waals surface area contributed by atoms with E-state index in [0.717, 1.165) is 25.5 Å². The van der Waals surface area contributed by atoms with Gasteiger partial charge in [0, 0.05) is 5.56 Å². The first-order chi connectivity index (χ1) is 29.1. The first-order valence-electron chi connectivity index (χ1n) is 16.8. The summed E-state index contributed by atoms with van der Waals surface area (Å²) in [6.45, 7) is 3.63. The molecule has 0 amide bonds. The van der Waals surface area contributed by atoms with Gasteiger partial charge in [-0.3, -0.25) is 0 Å². The van der Waals surface area contributed by atoms with Crippen molar-refractivity contribution in [3.8, 4) is 5.88 Å². The maximum atomic E-state index is 15.4. The summed E-state index contributed by atoms with van der Waals surface area (Å²) in [6, 6.07) is 10.3. The van der Waals surface area contributed by atoms with E-state index in [9.17, 15) is 52.7 Å². The summed E-state index contributed by atoms with van der Waals surface area (Å²) >= 11 is 0. The molecule has 6 aromatic rings. The molecule has 3 nitrogen and oxygen atoms in total. The Bertz CT molecular complexity index is 2340. The number of hydrogen-bond acceptors (Lipinski definition) is 2. The van der Waals surface area contributed by atoms with Crippen LogP contribution in [0.5, 0.6) is 5.88 Å². The van der Waals surface area contributed by atoms with Gasteiger partial charge in [-0.05, 0) is 6.42 Å². The maximum Gasteiger partial charge on any atom is 0.387 e. The van der Waals surface area contributed by atoms with Crippen LogP contribution in [0.2, 0.25) is 0 Å². The van der Waals surface area contributed by atoms with Gasteiger partial charge in [-0.1, -0.05) is 37.3 Å². The van der Waals surface area contributed by atoms with Crippen LogP contribution in [0.25, 0.3) is 0 Å². The minimum Gasteiger partial charge on any atom is -0.443 e. The zero-order chi connectivity index (χ0) is 46.3. The van der Waals surface area contributed by atoms with E-state index in [2.05, 4.69) is 28.6 Å². The van der Waals surface area contributed by atoms with Crippen LogP contribution in [0.15, 0.2) is 48.9 Å². The zero-order valence-electron chi connectivity index (χ0n) is 30.2. The van der Waals surface area contributed by atoms with E-state index in [-0.39, 0.29) is 0 Å². The van der Waals surface area contributed by atoms with Crippen molar-refractivity contribution >= 4 is 28.0 Å². The molecule has 0 radical (unpaired) electrons. The van der Waals surface area contributed by atoms with Crippen molar-refractivity contribution in [3.05, 3.63) is 171 Å². The second-order valence-electron chi connectivity index (χ2n) is 12.7. The Balaban J connectivity index is 0.000000355. The van der Waals surface area contributed by atoms with E-state index < -0.39 is 144 Å². The largest absolute Gasteiger partial charge is 0.443 e. The van der Waals surface area contributed by atoms with Crippen LogP contribution in [0.4, 0.5) is 87.8 Å². The monoisotopic (exact) mass is 908 g/mol. The van der Waals surface area contributed by atoms with Gasteiger partial charge in [-0.2, -0.15) is 4.57 Å². The summed E-state index contributed by atoms with van der Waals surface area (Å²) in [5, 5.41) is 0. The highest BCUT2D eigenvalue weighted by Gasteiger charge is 2.52. The summed E-state index contributed by atoms with van der Waals surface area (Å²) in [5.41, 5.74) is -13.1. The van der Waals surface area contributed by atoms with Gasteiger partial charge >= 0.3 is 5.88 Å². The quantitative estimate of drug-likeness (QED) is 0.0483. The van der Waals surface area contributed by atoms with E-state index in [1.807, 2.05) is 24.4 Å². The van der Waals surface area contributed by atoms with Gasteiger partial charge < -0.3 is 4.74 Å². The van der Waals surface area contributed by atoms with E-state index >= 15 is 35.1 Å². The first-order valence-corrected chi connectivity index (χ1v) is 16.8. The maximum absolute atomic E-state index is 15.4. The van der Waals surface area contributed by atoms with Gasteiger partial charge in [0.25, 0.3) is 0 Å². The highest BCUT2D eigenvalue weighted by atomic mass is 19.2. The Hall–Kier alpha value is -6.36. The molecule has 0 saturated carbocycles. The second-order valence-corrected chi connectivity index (χ2v) is 12.7. The normalized spacial score (nSPS) is 11.5. The lowest BCUT2D eigenvalue weighted by atomic mass is 9.12. The molecule has 0 saturated heterocycles. The van der Waals surface area contributed by atoms with Gasteiger partial charge in [0.1, 0.15) is 58.9 Å². The number of hydrogen-bond donors (Lipinski definition) is 0. The third kappa shape index (κ3) is 7.52. The third-order valence-electron chi connectivity index (χ3n) is 9.16. The molecule has 0 spiro atoms. The lowest BCUT2D eigenvalue weighted by Crippen LogP contribution is -2.81. The molecule has 0 N–H and O–H groups in total. The van der Waals surface area contributed by atoms with Gasteiger partial charge in [-0.15, -0.1) is 21.9 Å². The summed E-state index contributed by atoms with van der Waals surface area (Å²) in [4.78, 5) is 4.09. The molecule has 1 aromatic heterocycles. The van der Waals surface area contributed by atoms with Gasteiger partial charge in [0.15, 0.2) is 82.5 Å². The predicted octanol–water partition coefficient (Wildman–Crippen LogP) is 8.05. The Morgan fingerprint density at radius 2 is 0.726 bits per heavy atom. The summed E-state index contributed by atoms with van der Waals surface area (Å²) in [5.74, 6) is -70.6. The van der Waals surface area contributed by atoms with Crippen molar-refractivity contribution in [3.63, 3.8) is 0 Å². The minimum absolute atomic E-state index is 0.723. The van der Waals surface area contributed by atoms with Crippen molar-refractivity contribution in [2.45, 2.75) is 19.9 Å². The average molecular weight is 908 g/mol. The second kappa shape index (κ2) is 17.9. The van der Waals surface area contributed by atoms with E-state index in [1.165, 1.54) is 5.56 Å². The van der Waals surface area contributed by atoms with E-state index in [1.54, 1.807) is 12.4 Å². The topological polar surface area (TPSA) is 26.0 Å². The molecule has 0 aliphatic carbocycles. The fourth-order valence-corrected chi connectivity index (χ4v) is 6.49. The van der Waals surface area contributed by atoms with Crippen molar-refractivity contribution in [2.75, 3.05) is 6.61 Å².